The molecule has 0 unspecified atom stereocenters. The molecule has 2 saturated heterocycles. The van der Waals surface area contributed by atoms with Gasteiger partial charge in [-0.05, 0) is 67.6 Å². The Morgan fingerprint density at radius 2 is 1.14 bits per heavy atom. The van der Waals surface area contributed by atoms with Gasteiger partial charge in [0.15, 0.2) is 0 Å². The summed E-state index contributed by atoms with van der Waals surface area (Å²) in [6.45, 7) is 8.93. The Labute approximate surface area is 176 Å². The van der Waals surface area contributed by atoms with Crippen molar-refractivity contribution in [2.75, 3.05) is 0 Å². The van der Waals surface area contributed by atoms with Crippen LogP contribution in [0.5, 0.6) is 0 Å². The quantitative estimate of drug-likeness (QED) is 0.605. The molecular weight excluding hydrogens is 356 g/mol. The molecule has 0 bridgehead atoms. The van der Waals surface area contributed by atoms with E-state index in [1.807, 2.05) is 0 Å². The van der Waals surface area contributed by atoms with E-state index < -0.39 is 0 Å². The standard InChI is InChI=1S/C27H36O2/c1-19-5-7-20(8-6-19)17-23-13-15-25(28-23)26-16-14-24(29-26)18-21-9-11-22(12-10-21)27(2,3)4/h5-12,23-26H,13-18H2,1-4H3/t23-,24-,25-,26-/m1/s1. The molecule has 0 N–H and O–H groups in total. The summed E-state index contributed by atoms with van der Waals surface area (Å²) in [4.78, 5) is 0. The van der Waals surface area contributed by atoms with Crippen molar-refractivity contribution >= 4 is 0 Å². The maximum atomic E-state index is 6.44. The SMILES string of the molecule is Cc1ccc(C[C@H]2CC[C@H]([C@H]3CC[C@H](Cc4ccc(C(C)(C)C)cc4)O3)O2)cc1. The lowest BCUT2D eigenvalue weighted by Gasteiger charge is -2.21. The fourth-order valence-corrected chi connectivity index (χ4v) is 4.71. The normalized spacial score (nSPS) is 27.4. The molecule has 4 rings (SSSR count). The molecule has 0 aromatic heterocycles. The Morgan fingerprint density at radius 1 is 0.690 bits per heavy atom. The van der Waals surface area contributed by atoms with Crippen LogP contribution in [0.15, 0.2) is 48.5 Å². The molecule has 0 saturated carbocycles. The number of hydrogen-bond donors (Lipinski definition) is 0. The van der Waals surface area contributed by atoms with Gasteiger partial charge in [-0.25, -0.2) is 0 Å². The molecule has 0 radical (unpaired) electrons. The van der Waals surface area contributed by atoms with E-state index in [1.165, 1.54) is 22.3 Å². The maximum Gasteiger partial charge on any atom is 0.0841 e. The molecule has 2 heterocycles. The highest BCUT2D eigenvalue weighted by Gasteiger charge is 2.37. The zero-order valence-corrected chi connectivity index (χ0v) is 18.5. The Bertz CT molecular complexity index is 785. The van der Waals surface area contributed by atoms with Crippen LogP contribution in [0.25, 0.3) is 0 Å². The van der Waals surface area contributed by atoms with E-state index in [4.69, 9.17) is 9.47 Å². The van der Waals surface area contributed by atoms with Crippen molar-refractivity contribution in [3.05, 3.63) is 70.8 Å². The van der Waals surface area contributed by atoms with Crippen LogP contribution in [-0.2, 0) is 27.7 Å². The third kappa shape index (κ3) is 5.29. The summed E-state index contributed by atoms with van der Waals surface area (Å²) in [6.07, 6.45) is 7.82. The average molecular weight is 393 g/mol. The van der Waals surface area contributed by atoms with Crippen LogP contribution >= 0.6 is 0 Å². The van der Waals surface area contributed by atoms with Gasteiger partial charge in [0.05, 0.1) is 24.4 Å². The number of ether oxygens (including phenoxy) is 2. The molecule has 156 valence electrons. The molecule has 4 atom stereocenters. The first-order valence-electron chi connectivity index (χ1n) is 11.3. The summed E-state index contributed by atoms with van der Waals surface area (Å²) in [5, 5.41) is 0. The second kappa shape index (κ2) is 8.62. The molecule has 2 aliphatic rings. The predicted molar refractivity (Wildman–Crippen MR) is 120 cm³/mol. The summed E-state index contributed by atoms with van der Waals surface area (Å²) in [5.74, 6) is 0. The summed E-state index contributed by atoms with van der Waals surface area (Å²) < 4.78 is 12.8. The van der Waals surface area contributed by atoms with Crippen molar-refractivity contribution in [3.63, 3.8) is 0 Å². The molecule has 0 aliphatic carbocycles. The monoisotopic (exact) mass is 392 g/mol. The summed E-state index contributed by atoms with van der Waals surface area (Å²) in [7, 11) is 0. The molecule has 2 nitrogen and oxygen atoms in total. The number of benzene rings is 2. The molecule has 2 heteroatoms. The van der Waals surface area contributed by atoms with Crippen LogP contribution < -0.4 is 0 Å². The first-order valence-corrected chi connectivity index (χ1v) is 11.3. The minimum Gasteiger partial charge on any atom is -0.372 e. The van der Waals surface area contributed by atoms with E-state index in [0.717, 1.165) is 38.5 Å². The lowest BCUT2D eigenvalue weighted by molar-refractivity contribution is -0.0642. The van der Waals surface area contributed by atoms with Gasteiger partial charge >= 0.3 is 0 Å². The van der Waals surface area contributed by atoms with Gasteiger partial charge in [0.2, 0.25) is 0 Å². The van der Waals surface area contributed by atoms with Crippen molar-refractivity contribution in [2.45, 2.75) is 96.1 Å². The average Bonchev–Trinajstić information content (AvgIpc) is 3.33. The van der Waals surface area contributed by atoms with Crippen LogP contribution in [0.4, 0.5) is 0 Å². The van der Waals surface area contributed by atoms with Crippen LogP contribution in [0.2, 0.25) is 0 Å². The van der Waals surface area contributed by atoms with Crippen molar-refractivity contribution < 1.29 is 9.47 Å². The number of hydrogen-bond acceptors (Lipinski definition) is 2. The number of rotatable bonds is 5. The van der Waals surface area contributed by atoms with Crippen molar-refractivity contribution in [1.82, 2.24) is 0 Å². The summed E-state index contributed by atoms with van der Waals surface area (Å²) in [5.41, 5.74) is 5.68. The van der Waals surface area contributed by atoms with E-state index in [1.54, 1.807) is 0 Å². The smallest absolute Gasteiger partial charge is 0.0841 e. The minimum absolute atomic E-state index is 0.211. The second-order valence-electron chi connectivity index (χ2n) is 10.1. The third-order valence-corrected chi connectivity index (χ3v) is 6.56. The van der Waals surface area contributed by atoms with E-state index in [-0.39, 0.29) is 17.6 Å². The van der Waals surface area contributed by atoms with Gasteiger partial charge in [0.25, 0.3) is 0 Å². The molecule has 0 spiro atoms. The first-order chi connectivity index (χ1) is 13.9. The lowest BCUT2D eigenvalue weighted by Crippen LogP contribution is -2.27. The van der Waals surface area contributed by atoms with Gasteiger partial charge < -0.3 is 9.47 Å². The number of aryl methyl sites for hydroxylation is 1. The fourth-order valence-electron chi connectivity index (χ4n) is 4.71. The van der Waals surface area contributed by atoms with E-state index >= 15 is 0 Å². The van der Waals surface area contributed by atoms with E-state index in [9.17, 15) is 0 Å². The molecule has 2 aromatic rings. The largest absolute Gasteiger partial charge is 0.372 e. The van der Waals surface area contributed by atoms with Gasteiger partial charge in [0, 0.05) is 0 Å². The topological polar surface area (TPSA) is 18.5 Å². The molecule has 0 amide bonds. The molecule has 2 fully saturated rings. The van der Waals surface area contributed by atoms with Crippen LogP contribution in [-0.4, -0.2) is 24.4 Å². The molecular formula is C27H36O2. The van der Waals surface area contributed by atoms with E-state index in [2.05, 4.69) is 76.2 Å². The fraction of sp³-hybridized carbons (Fsp3) is 0.556. The first kappa shape index (κ1) is 20.6. The molecule has 2 aromatic carbocycles. The third-order valence-electron chi connectivity index (χ3n) is 6.56. The van der Waals surface area contributed by atoms with Crippen molar-refractivity contribution in [3.8, 4) is 0 Å². The Hall–Kier alpha value is -1.64. The predicted octanol–water partition coefficient (Wildman–Crippen LogP) is 6.17. The Balaban J connectivity index is 1.26. The van der Waals surface area contributed by atoms with Gasteiger partial charge in [0.1, 0.15) is 0 Å². The minimum atomic E-state index is 0.211. The van der Waals surface area contributed by atoms with E-state index in [0.29, 0.717) is 12.2 Å². The summed E-state index contributed by atoms with van der Waals surface area (Å²) in [6, 6.07) is 18.0. The zero-order chi connectivity index (χ0) is 20.4. The Morgan fingerprint density at radius 3 is 1.59 bits per heavy atom. The maximum absolute atomic E-state index is 6.44. The highest BCUT2D eigenvalue weighted by Crippen LogP contribution is 2.33. The van der Waals surface area contributed by atoms with Crippen LogP contribution in [0, 0.1) is 6.92 Å². The van der Waals surface area contributed by atoms with Gasteiger partial charge in [-0.15, -0.1) is 0 Å². The zero-order valence-electron chi connectivity index (χ0n) is 18.5. The van der Waals surface area contributed by atoms with Gasteiger partial charge in [-0.2, -0.15) is 0 Å². The van der Waals surface area contributed by atoms with Gasteiger partial charge in [-0.1, -0.05) is 74.9 Å². The van der Waals surface area contributed by atoms with Crippen molar-refractivity contribution in [2.24, 2.45) is 0 Å². The summed E-state index contributed by atoms with van der Waals surface area (Å²) >= 11 is 0. The Kier molecular flexibility index (Phi) is 6.13. The van der Waals surface area contributed by atoms with Crippen LogP contribution in [0.3, 0.4) is 0 Å². The highest BCUT2D eigenvalue weighted by atomic mass is 16.6. The molecule has 2 aliphatic heterocycles. The van der Waals surface area contributed by atoms with Crippen molar-refractivity contribution in [1.29, 1.82) is 0 Å². The highest BCUT2D eigenvalue weighted by molar-refractivity contribution is 5.28. The van der Waals surface area contributed by atoms with Crippen LogP contribution in [0.1, 0.15) is 68.7 Å². The molecule has 29 heavy (non-hydrogen) atoms. The lowest BCUT2D eigenvalue weighted by atomic mass is 9.86. The second-order valence-corrected chi connectivity index (χ2v) is 10.1. The van der Waals surface area contributed by atoms with Gasteiger partial charge in [-0.3, -0.25) is 0 Å².